The summed E-state index contributed by atoms with van der Waals surface area (Å²) in [6.45, 7) is 9.94. The van der Waals surface area contributed by atoms with Gasteiger partial charge in [-0.15, -0.1) is 13.2 Å². The molecule has 0 bridgehead atoms. The van der Waals surface area contributed by atoms with Crippen molar-refractivity contribution in [1.82, 2.24) is 4.90 Å². The van der Waals surface area contributed by atoms with Gasteiger partial charge in [-0.05, 0) is 17.5 Å². The van der Waals surface area contributed by atoms with Gasteiger partial charge in [-0.2, -0.15) is 0 Å². The van der Waals surface area contributed by atoms with E-state index in [9.17, 15) is 4.79 Å². The van der Waals surface area contributed by atoms with Gasteiger partial charge >= 0.3 is 5.97 Å². The number of hydrogen-bond acceptors (Lipinski definition) is 2. The van der Waals surface area contributed by atoms with Crippen LogP contribution in [0.3, 0.4) is 0 Å². The largest absolute Gasteiger partial charge is 0.481 e. The predicted molar refractivity (Wildman–Crippen MR) is 78.1 cm³/mol. The zero-order chi connectivity index (χ0) is 14.1. The molecule has 0 unspecified atom stereocenters. The Morgan fingerprint density at radius 1 is 1.21 bits per heavy atom. The Kier molecular flexibility index (Phi) is 6.61. The summed E-state index contributed by atoms with van der Waals surface area (Å²) in [5.41, 5.74) is 2.25. The van der Waals surface area contributed by atoms with E-state index in [1.165, 1.54) is 5.56 Å². The van der Waals surface area contributed by atoms with Crippen molar-refractivity contribution >= 4 is 5.97 Å². The molecule has 102 valence electrons. The highest BCUT2D eigenvalue weighted by Gasteiger charge is 2.04. The number of carbonyl (C=O) groups is 1. The molecule has 3 nitrogen and oxygen atoms in total. The van der Waals surface area contributed by atoms with Crippen LogP contribution >= 0.6 is 0 Å². The summed E-state index contributed by atoms with van der Waals surface area (Å²) in [7, 11) is 0. The Morgan fingerprint density at radius 3 is 2.42 bits per heavy atom. The molecule has 3 heteroatoms. The molecular weight excluding hydrogens is 238 g/mol. The molecule has 0 fully saturated rings. The molecule has 0 radical (unpaired) electrons. The minimum Gasteiger partial charge on any atom is -0.481 e. The van der Waals surface area contributed by atoms with Gasteiger partial charge in [0, 0.05) is 26.1 Å². The predicted octanol–water partition coefficient (Wildman–Crippen LogP) is 2.88. The number of aliphatic carboxylic acids is 1. The van der Waals surface area contributed by atoms with E-state index < -0.39 is 5.97 Å². The average Bonchev–Trinajstić information content (AvgIpc) is 2.37. The van der Waals surface area contributed by atoms with Crippen molar-refractivity contribution in [3.05, 3.63) is 60.7 Å². The van der Waals surface area contributed by atoms with Crippen molar-refractivity contribution in [2.45, 2.75) is 19.4 Å². The maximum absolute atomic E-state index is 10.6. The van der Waals surface area contributed by atoms with Crippen LogP contribution in [0.1, 0.15) is 17.5 Å². The van der Waals surface area contributed by atoms with Crippen molar-refractivity contribution < 1.29 is 9.90 Å². The second-order valence-corrected chi connectivity index (χ2v) is 4.49. The fourth-order valence-electron chi connectivity index (χ4n) is 1.96. The van der Waals surface area contributed by atoms with E-state index in [0.29, 0.717) is 6.42 Å². The first kappa shape index (κ1) is 15.2. The summed E-state index contributed by atoms with van der Waals surface area (Å²) >= 11 is 0. The molecule has 0 amide bonds. The zero-order valence-electron chi connectivity index (χ0n) is 11.2. The van der Waals surface area contributed by atoms with Crippen LogP contribution in [0.25, 0.3) is 0 Å². The molecule has 19 heavy (non-hydrogen) atoms. The first-order valence-electron chi connectivity index (χ1n) is 6.39. The SMILES string of the molecule is C=CCN(CC=C)Cc1cccc(CCC(=O)O)c1. The number of nitrogens with zero attached hydrogens (tertiary/aromatic N) is 1. The highest BCUT2D eigenvalue weighted by Crippen LogP contribution is 2.10. The number of benzene rings is 1. The van der Waals surface area contributed by atoms with Crippen molar-refractivity contribution in [1.29, 1.82) is 0 Å². The minimum atomic E-state index is -0.759. The Hall–Kier alpha value is -1.87. The van der Waals surface area contributed by atoms with Crippen LogP contribution in [0.5, 0.6) is 0 Å². The van der Waals surface area contributed by atoms with Gasteiger partial charge in [0.05, 0.1) is 0 Å². The molecule has 0 saturated carbocycles. The smallest absolute Gasteiger partial charge is 0.303 e. The molecule has 0 heterocycles. The van der Waals surface area contributed by atoms with E-state index in [2.05, 4.69) is 30.2 Å². The maximum atomic E-state index is 10.6. The van der Waals surface area contributed by atoms with Crippen molar-refractivity contribution in [2.75, 3.05) is 13.1 Å². The topological polar surface area (TPSA) is 40.5 Å². The Labute approximate surface area is 114 Å². The maximum Gasteiger partial charge on any atom is 0.303 e. The van der Waals surface area contributed by atoms with E-state index in [1.54, 1.807) is 0 Å². The summed E-state index contributed by atoms with van der Waals surface area (Å²) in [4.78, 5) is 12.8. The molecule has 1 N–H and O–H groups in total. The van der Waals surface area contributed by atoms with Crippen LogP contribution in [0, 0.1) is 0 Å². The van der Waals surface area contributed by atoms with Gasteiger partial charge in [-0.25, -0.2) is 0 Å². The first-order chi connectivity index (χ1) is 9.15. The molecule has 1 rings (SSSR count). The third kappa shape index (κ3) is 6.02. The van der Waals surface area contributed by atoms with E-state index in [4.69, 9.17) is 5.11 Å². The van der Waals surface area contributed by atoms with Gasteiger partial charge in [0.15, 0.2) is 0 Å². The molecule has 0 aliphatic carbocycles. The molecule has 0 aromatic heterocycles. The quantitative estimate of drug-likeness (QED) is 0.693. The summed E-state index contributed by atoms with van der Waals surface area (Å²) < 4.78 is 0. The summed E-state index contributed by atoms with van der Waals surface area (Å²) in [5.74, 6) is -0.759. The summed E-state index contributed by atoms with van der Waals surface area (Å²) in [6.07, 6.45) is 4.49. The number of carboxylic acids is 1. The normalized spacial score (nSPS) is 10.4. The first-order valence-corrected chi connectivity index (χ1v) is 6.39. The molecule has 0 aliphatic heterocycles. The van der Waals surface area contributed by atoms with E-state index in [0.717, 1.165) is 25.2 Å². The number of hydrogen-bond donors (Lipinski definition) is 1. The van der Waals surface area contributed by atoms with Crippen LogP contribution < -0.4 is 0 Å². The van der Waals surface area contributed by atoms with Gasteiger partial charge in [0.2, 0.25) is 0 Å². The van der Waals surface area contributed by atoms with Crippen molar-refractivity contribution in [2.24, 2.45) is 0 Å². The van der Waals surface area contributed by atoms with Crippen LogP contribution in [0.2, 0.25) is 0 Å². The molecule has 0 aliphatic rings. The zero-order valence-corrected chi connectivity index (χ0v) is 11.2. The third-order valence-electron chi connectivity index (χ3n) is 2.80. The Bertz CT molecular complexity index is 430. The van der Waals surface area contributed by atoms with Crippen molar-refractivity contribution in [3.8, 4) is 0 Å². The lowest BCUT2D eigenvalue weighted by atomic mass is 10.1. The number of rotatable bonds is 9. The number of carboxylic acid groups (broad SMARTS) is 1. The van der Waals surface area contributed by atoms with Crippen LogP contribution in [-0.4, -0.2) is 29.1 Å². The second kappa shape index (κ2) is 8.27. The standard InChI is InChI=1S/C16H21NO2/c1-3-10-17(11-4-2)13-15-7-5-6-14(12-15)8-9-16(18)19/h3-7,12H,1-2,8-11,13H2,(H,18,19). The number of aryl methyl sites for hydroxylation is 1. The molecule has 0 atom stereocenters. The van der Waals surface area contributed by atoms with Crippen LogP contribution in [0.4, 0.5) is 0 Å². The molecule has 0 saturated heterocycles. The van der Waals surface area contributed by atoms with Crippen LogP contribution in [0.15, 0.2) is 49.6 Å². The highest BCUT2D eigenvalue weighted by molar-refractivity contribution is 5.67. The molecule has 1 aromatic rings. The average molecular weight is 259 g/mol. The molecule has 1 aromatic carbocycles. The molecular formula is C16H21NO2. The van der Waals surface area contributed by atoms with E-state index in [1.807, 2.05) is 24.3 Å². The van der Waals surface area contributed by atoms with Gasteiger partial charge < -0.3 is 5.11 Å². The summed E-state index contributed by atoms with van der Waals surface area (Å²) in [5, 5.41) is 8.70. The second-order valence-electron chi connectivity index (χ2n) is 4.49. The van der Waals surface area contributed by atoms with Gasteiger partial charge in [0.25, 0.3) is 0 Å². The van der Waals surface area contributed by atoms with E-state index >= 15 is 0 Å². The lowest BCUT2D eigenvalue weighted by Crippen LogP contribution is -2.23. The van der Waals surface area contributed by atoms with E-state index in [-0.39, 0.29) is 6.42 Å². The van der Waals surface area contributed by atoms with Gasteiger partial charge in [-0.3, -0.25) is 9.69 Å². The monoisotopic (exact) mass is 259 g/mol. The van der Waals surface area contributed by atoms with Gasteiger partial charge in [-0.1, -0.05) is 36.4 Å². The Balaban J connectivity index is 2.66. The van der Waals surface area contributed by atoms with Crippen molar-refractivity contribution in [3.63, 3.8) is 0 Å². The fourth-order valence-corrected chi connectivity index (χ4v) is 1.96. The molecule has 0 spiro atoms. The third-order valence-corrected chi connectivity index (χ3v) is 2.80. The minimum absolute atomic E-state index is 0.173. The Morgan fingerprint density at radius 2 is 1.84 bits per heavy atom. The lowest BCUT2D eigenvalue weighted by Gasteiger charge is -2.19. The highest BCUT2D eigenvalue weighted by atomic mass is 16.4. The lowest BCUT2D eigenvalue weighted by molar-refractivity contribution is -0.136. The fraction of sp³-hybridized carbons (Fsp3) is 0.312. The summed E-state index contributed by atoms with van der Waals surface area (Å²) in [6, 6.07) is 8.08. The van der Waals surface area contributed by atoms with Gasteiger partial charge in [0.1, 0.15) is 0 Å². The van der Waals surface area contributed by atoms with Crippen LogP contribution in [-0.2, 0) is 17.8 Å².